The fourth-order valence-electron chi connectivity index (χ4n) is 3.18. The summed E-state index contributed by atoms with van der Waals surface area (Å²) in [5.41, 5.74) is 2.51. The normalized spacial score (nSPS) is 12.2. The SMILES string of the molecule is CCOc1ccc(-c2cc3c(=O)n(C[C@@H](O)c4ccc(Cl)cc4)ccn3n2)cc1. The van der Waals surface area contributed by atoms with E-state index in [0.717, 1.165) is 11.3 Å². The molecule has 0 amide bonds. The third-order valence-electron chi connectivity index (χ3n) is 4.69. The number of hydrogen-bond donors (Lipinski definition) is 1. The molecular weight excluding hydrogens is 390 g/mol. The van der Waals surface area contributed by atoms with Gasteiger partial charge in [0, 0.05) is 23.0 Å². The summed E-state index contributed by atoms with van der Waals surface area (Å²) >= 11 is 5.89. The number of rotatable bonds is 6. The summed E-state index contributed by atoms with van der Waals surface area (Å²) in [5.74, 6) is 0.790. The molecule has 1 atom stereocenters. The summed E-state index contributed by atoms with van der Waals surface area (Å²) in [5, 5.41) is 15.6. The molecule has 0 radical (unpaired) electrons. The molecule has 0 aliphatic carbocycles. The molecule has 0 aliphatic heterocycles. The van der Waals surface area contributed by atoms with Crippen molar-refractivity contribution >= 4 is 17.1 Å². The van der Waals surface area contributed by atoms with Gasteiger partial charge in [-0.2, -0.15) is 5.10 Å². The van der Waals surface area contributed by atoms with Crippen molar-refractivity contribution in [2.75, 3.05) is 6.61 Å². The second-order valence-electron chi connectivity index (χ2n) is 6.64. The van der Waals surface area contributed by atoms with Gasteiger partial charge in [0.2, 0.25) is 0 Å². The van der Waals surface area contributed by atoms with E-state index >= 15 is 0 Å². The monoisotopic (exact) mass is 409 g/mol. The lowest BCUT2D eigenvalue weighted by Gasteiger charge is -2.13. The maximum atomic E-state index is 12.9. The largest absolute Gasteiger partial charge is 0.494 e. The third kappa shape index (κ3) is 4.04. The van der Waals surface area contributed by atoms with Crippen molar-refractivity contribution in [2.45, 2.75) is 19.6 Å². The van der Waals surface area contributed by atoms with Gasteiger partial charge in [-0.25, -0.2) is 4.52 Å². The van der Waals surface area contributed by atoms with Crippen molar-refractivity contribution in [3.8, 4) is 17.0 Å². The van der Waals surface area contributed by atoms with Crippen LogP contribution in [0.15, 0.2) is 71.8 Å². The first-order valence-electron chi connectivity index (χ1n) is 9.30. The number of ether oxygens (including phenoxy) is 1. The fraction of sp³-hybridized carbons (Fsp3) is 0.182. The lowest BCUT2D eigenvalue weighted by Crippen LogP contribution is -2.24. The predicted octanol–water partition coefficient (Wildman–Crippen LogP) is 3.95. The first-order valence-corrected chi connectivity index (χ1v) is 9.68. The van der Waals surface area contributed by atoms with Crippen LogP contribution in [0.2, 0.25) is 5.02 Å². The van der Waals surface area contributed by atoms with Gasteiger partial charge in [0.1, 0.15) is 11.3 Å². The summed E-state index contributed by atoms with van der Waals surface area (Å²) in [4.78, 5) is 12.9. The molecule has 4 rings (SSSR count). The van der Waals surface area contributed by atoms with Crippen LogP contribution in [-0.4, -0.2) is 25.9 Å². The highest BCUT2D eigenvalue weighted by Crippen LogP contribution is 2.22. The van der Waals surface area contributed by atoms with Gasteiger partial charge in [-0.05, 0) is 55.0 Å². The Balaban J connectivity index is 1.62. The van der Waals surface area contributed by atoms with Crippen LogP contribution in [-0.2, 0) is 6.54 Å². The molecule has 4 aromatic rings. The van der Waals surface area contributed by atoms with Crippen LogP contribution >= 0.6 is 11.6 Å². The molecule has 0 aliphatic rings. The molecule has 2 aromatic heterocycles. The first-order chi connectivity index (χ1) is 14.0. The minimum Gasteiger partial charge on any atom is -0.494 e. The van der Waals surface area contributed by atoms with Crippen LogP contribution in [0.4, 0.5) is 0 Å². The van der Waals surface area contributed by atoms with Gasteiger partial charge >= 0.3 is 0 Å². The number of aliphatic hydroxyl groups excluding tert-OH is 1. The summed E-state index contributed by atoms with van der Waals surface area (Å²) in [6.07, 6.45) is 2.52. The van der Waals surface area contributed by atoms with E-state index in [4.69, 9.17) is 16.3 Å². The summed E-state index contributed by atoms with van der Waals surface area (Å²) in [6.45, 7) is 2.68. The van der Waals surface area contributed by atoms with Gasteiger partial charge in [0.05, 0.1) is 24.9 Å². The second-order valence-corrected chi connectivity index (χ2v) is 7.08. The Morgan fingerprint density at radius 2 is 1.83 bits per heavy atom. The molecule has 0 spiro atoms. The molecule has 29 heavy (non-hydrogen) atoms. The Kier molecular flexibility index (Phi) is 5.38. The Bertz CT molecular complexity index is 1180. The van der Waals surface area contributed by atoms with Crippen molar-refractivity contribution < 1.29 is 9.84 Å². The number of benzene rings is 2. The molecule has 1 N–H and O–H groups in total. The Labute approximate surface area is 172 Å². The molecule has 148 valence electrons. The summed E-state index contributed by atoms with van der Waals surface area (Å²) < 4.78 is 8.50. The van der Waals surface area contributed by atoms with Crippen LogP contribution in [0.5, 0.6) is 5.75 Å². The number of halogens is 1. The molecule has 0 fully saturated rings. The van der Waals surface area contributed by atoms with Gasteiger partial charge in [0.25, 0.3) is 5.56 Å². The highest BCUT2D eigenvalue weighted by molar-refractivity contribution is 6.30. The number of aromatic nitrogens is 3. The van der Waals surface area contributed by atoms with E-state index in [0.29, 0.717) is 28.4 Å². The molecule has 0 saturated carbocycles. The van der Waals surface area contributed by atoms with E-state index in [1.54, 1.807) is 47.2 Å². The highest BCUT2D eigenvalue weighted by atomic mass is 35.5. The summed E-state index contributed by atoms with van der Waals surface area (Å²) in [6, 6.07) is 16.3. The fourth-order valence-corrected chi connectivity index (χ4v) is 3.30. The Hall–Kier alpha value is -3.09. The predicted molar refractivity (Wildman–Crippen MR) is 112 cm³/mol. The van der Waals surface area contributed by atoms with Crippen LogP contribution in [0.25, 0.3) is 16.8 Å². The van der Waals surface area contributed by atoms with E-state index in [1.165, 1.54) is 4.57 Å². The van der Waals surface area contributed by atoms with Gasteiger partial charge in [-0.3, -0.25) is 4.79 Å². The maximum Gasteiger partial charge on any atom is 0.276 e. The summed E-state index contributed by atoms with van der Waals surface area (Å²) in [7, 11) is 0. The second kappa shape index (κ2) is 8.11. The van der Waals surface area contributed by atoms with Crippen LogP contribution < -0.4 is 10.3 Å². The molecule has 6 nitrogen and oxygen atoms in total. The Morgan fingerprint density at radius 1 is 1.10 bits per heavy atom. The van der Waals surface area contributed by atoms with Crippen LogP contribution in [0, 0.1) is 0 Å². The minimum absolute atomic E-state index is 0.139. The molecule has 2 heterocycles. The molecule has 7 heteroatoms. The van der Waals surface area contributed by atoms with Gasteiger partial charge in [-0.1, -0.05) is 23.7 Å². The quantitative estimate of drug-likeness (QED) is 0.523. The third-order valence-corrected chi connectivity index (χ3v) is 4.94. The molecular formula is C22H20ClN3O3. The van der Waals surface area contributed by atoms with Crippen molar-refractivity contribution in [3.05, 3.63) is 87.9 Å². The Morgan fingerprint density at radius 3 is 2.52 bits per heavy atom. The first kappa shape index (κ1) is 19.2. The average Bonchev–Trinajstić information content (AvgIpc) is 3.16. The van der Waals surface area contributed by atoms with E-state index in [1.807, 2.05) is 31.2 Å². The van der Waals surface area contributed by atoms with E-state index in [2.05, 4.69) is 5.10 Å². The van der Waals surface area contributed by atoms with Gasteiger partial charge < -0.3 is 14.4 Å². The van der Waals surface area contributed by atoms with Gasteiger partial charge in [0.15, 0.2) is 0 Å². The average molecular weight is 410 g/mol. The number of nitrogens with zero attached hydrogens (tertiary/aromatic N) is 3. The van der Waals surface area contributed by atoms with E-state index in [9.17, 15) is 9.90 Å². The zero-order chi connectivity index (χ0) is 20.4. The molecule has 0 bridgehead atoms. The standard InChI is InChI=1S/C22H20ClN3O3/c1-2-29-18-9-5-15(6-10-18)19-13-20-22(28)25(11-12-26(20)24-19)14-21(27)16-3-7-17(23)8-4-16/h3-13,21,27H,2,14H2,1H3/t21-/m1/s1. The zero-order valence-electron chi connectivity index (χ0n) is 15.8. The van der Waals surface area contributed by atoms with Crippen molar-refractivity contribution in [2.24, 2.45) is 0 Å². The topological polar surface area (TPSA) is 68.8 Å². The zero-order valence-corrected chi connectivity index (χ0v) is 16.6. The smallest absolute Gasteiger partial charge is 0.276 e. The number of fused-ring (bicyclic) bond motifs is 1. The van der Waals surface area contributed by atoms with E-state index in [-0.39, 0.29) is 12.1 Å². The number of aliphatic hydroxyl groups is 1. The van der Waals surface area contributed by atoms with Crippen molar-refractivity contribution in [1.82, 2.24) is 14.2 Å². The molecule has 2 aromatic carbocycles. The number of hydrogen-bond acceptors (Lipinski definition) is 4. The van der Waals surface area contributed by atoms with Crippen molar-refractivity contribution in [3.63, 3.8) is 0 Å². The van der Waals surface area contributed by atoms with E-state index < -0.39 is 6.10 Å². The lowest BCUT2D eigenvalue weighted by molar-refractivity contribution is 0.155. The minimum atomic E-state index is -0.819. The van der Waals surface area contributed by atoms with Gasteiger partial charge in [-0.15, -0.1) is 0 Å². The van der Waals surface area contributed by atoms with Crippen LogP contribution in [0.3, 0.4) is 0 Å². The molecule has 0 saturated heterocycles. The van der Waals surface area contributed by atoms with Crippen LogP contribution in [0.1, 0.15) is 18.6 Å². The highest BCUT2D eigenvalue weighted by Gasteiger charge is 2.13. The maximum absolute atomic E-state index is 12.9. The lowest BCUT2D eigenvalue weighted by atomic mass is 10.1. The molecule has 0 unspecified atom stereocenters. The van der Waals surface area contributed by atoms with Crippen molar-refractivity contribution in [1.29, 1.82) is 0 Å².